The van der Waals surface area contributed by atoms with Gasteiger partial charge in [0.1, 0.15) is 0 Å². The Bertz CT molecular complexity index is 246. The third-order valence-electron chi connectivity index (χ3n) is 2.92. The quantitative estimate of drug-likeness (QED) is 0.603. The minimum absolute atomic E-state index is 0.984. The first-order valence-electron chi connectivity index (χ1n) is 6.98. The highest BCUT2D eigenvalue weighted by molar-refractivity contribution is 4.63. The van der Waals surface area contributed by atoms with Gasteiger partial charge in [0.05, 0.1) is 6.20 Å². The number of nitrogens with zero attached hydrogens (tertiary/aromatic N) is 3. The molecule has 1 rings (SSSR count). The van der Waals surface area contributed by atoms with E-state index < -0.39 is 0 Å². The number of rotatable bonds is 11. The summed E-state index contributed by atoms with van der Waals surface area (Å²) in [7, 11) is 0. The molecule has 1 N–H and O–H groups in total. The monoisotopic (exact) mass is 238 g/mol. The Morgan fingerprint density at radius 2 is 1.76 bits per heavy atom. The van der Waals surface area contributed by atoms with E-state index in [-0.39, 0.29) is 0 Å². The predicted molar refractivity (Wildman–Crippen MR) is 70.9 cm³/mol. The minimum atomic E-state index is 0.984. The van der Waals surface area contributed by atoms with Crippen LogP contribution in [0.2, 0.25) is 0 Å². The smallest absolute Gasteiger partial charge is 0.0692 e. The van der Waals surface area contributed by atoms with Gasteiger partial charge in [-0.05, 0) is 32.4 Å². The van der Waals surface area contributed by atoms with Crippen LogP contribution in [0.5, 0.6) is 0 Å². The van der Waals surface area contributed by atoms with E-state index in [1.54, 1.807) is 6.20 Å². The molecule has 0 unspecified atom stereocenters. The number of hydrogen-bond donors (Lipinski definition) is 1. The SMILES string of the molecule is CCCCCCCNCCCCn1ccnn1. The normalized spacial score (nSPS) is 10.9. The molecule has 0 saturated heterocycles. The maximum absolute atomic E-state index is 3.94. The average Bonchev–Trinajstić information content (AvgIpc) is 2.85. The van der Waals surface area contributed by atoms with Crippen LogP contribution < -0.4 is 5.32 Å². The van der Waals surface area contributed by atoms with Gasteiger partial charge in [0.25, 0.3) is 0 Å². The molecule has 0 amide bonds. The Hall–Kier alpha value is -0.900. The van der Waals surface area contributed by atoms with Gasteiger partial charge < -0.3 is 5.32 Å². The summed E-state index contributed by atoms with van der Waals surface area (Å²) in [5.74, 6) is 0. The van der Waals surface area contributed by atoms with Crippen LogP contribution in [0.4, 0.5) is 0 Å². The molecule has 0 spiro atoms. The highest BCUT2D eigenvalue weighted by atomic mass is 15.4. The Kier molecular flexibility index (Phi) is 8.55. The molecule has 0 fully saturated rings. The van der Waals surface area contributed by atoms with Gasteiger partial charge in [-0.15, -0.1) is 5.10 Å². The maximum Gasteiger partial charge on any atom is 0.0692 e. The summed E-state index contributed by atoms with van der Waals surface area (Å²) in [6, 6.07) is 0. The third kappa shape index (κ3) is 7.91. The predicted octanol–water partition coefficient (Wildman–Crippen LogP) is 2.62. The second-order valence-electron chi connectivity index (χ2n) is 4.54. The van der Waals surface area contributed by atoms with Crippen LogP contribution in [0.1, 0.15) is 51.9 Å². The zero-order valence-electron chi connectivity index (χ0n) is 11.1. The van der Waals surface area contributed by atoms with Crippen molar-refractivity contribution in [2.24, 2.45) is 0 Å². The van der Waals surface area contributed by atoms with Gasteiger partial charge in [-0.25, -0.2) is 0 Å². The molecule has 0 atom stereocenters. The highest BCUT2D eigenvalue weighted by Gasteiger charge is 1.93. The fourth-order valence-electron chi connectivity index (χ4n) is 1.85. The topological polar surface area (TPSA) is 42.7 Å². The number of aryl methyl sites for hydroxylation is 1. The van der Waals surface area contributed by atoms with Crippen molar-refractivity contribution >= 4 is 0 Å². The molecule has 0 aromatic carbocycles. The standard InChI is InChI=1S/C13H26N4/c1-2-3-4-5-6-9-14-10-7-8-12-17-13-11-15-16-17/h11,13-14H,2-10,12H2,1H3. The van der Waals surface area contributed by atoms with Crippen molar-refractivity contribution in [1.82, 2.24) is 20.3 Å². The first-order valence-corrected chi connectivity index (χ1v) is 6.98. The van der Waals surface area contributed by atoms with Crippen molar-refractivity contribution in [2.45, 2.75) is 58.4 Å². The summed E-state index contributed by atoms with van der Waals surface area (Å²) >= 11 is 0. The molecule has 4 nitrogen and oxygen atoms in total. The second-order valence-corrected chi connectivity index (χ2v) is 4.54. The molecule has 0 aliphatic carbocycles. The first-order chi connectivity index (χ1) is 8.43. The van der Waals surface area contributed by atoms with Crippen LogP contribution >= 0.6 is 0 Å². The summed E-state index contributed by atoms with van der Waals surface area (Å²) in [5.41, 5.74) is 0. The largest absolute Gasteiger partial charge is 0.317 e. The molecular formula is C13H26N4. The zero-order chi connectivity index (χ0) is 12.2. The van der Waals surface area contributed by atoms with Crippen molar-refractivity contribution in [1.29, 1.82) is 0 Å². The van der Waals surface area contributed by atoms with Gasteiger partial charge in [-0.2, -0.15) is 0 Å². The van der Waals surface area contributed by atoms with Gasteiger partial charge >= 0.3 is 0 Å². The lowest BCUT2D eigenvalue weighted by molar-refractivity contribution is 0.515. The van der Waals surface area contributed by atoms with E-state index in [0.717, 1.165) is 13.1 Å². The molecule has 0 radical (unpaired) electrons. The Balaban J connectivity index is 1.76. The van der Waals surface area contributed by atoms with E-state index in [1.807, 2.05) is 10.9 Å². The van der Waals surface area contributed by atoms with E-state index in [0.29, 0.717) is 0 Å². The Morgan fingerprint density at radius 3 is 2.47 bits per heavy atom. The molecule has 17 heavy (non-hydrogen) atoms. The molecular weight excluding hydrogens is 212 g/mol. The lowest BCUT2D eigenvalue weighted by Gasteiger charge is -2.04. The molecule has 98 valence electrons. The van der Waals surface area contributed by atoms with Crippen molar-refractivity contribution in [3.8, 4) is 0 Å². The summed E-state index contributed by atoms with van der Waals surface area (Å²) < 4.78 is 1.89. The molecule has 1 heterocycles. The molecule has 1 aromatic heterocycles. The lowest BCUT2D eigenvalue weighted by atomic mass is 10.1. The maximum atomic E-state index is 3.94. The second kappa shape index (κ2) is 10.3. The fourth-order valence-corrected chi connectivity index (χ4v) is 1.85. The van der Waals surface area contributed by atoms with Gasteiger partial charge in [0.15, 0.2) is 0 Å². The van der Waals surface area contributed by atoms with Crippen LogP contribution in [-0.2, 0) is 6.54 Å². The van der Waals surface area contributed by atoms with Gasteiger partial charge in [-0.1, -0.05) is 37.8 Å². The molecule has 1 aromatic rings. The molecule has 0 bridgehead atoms. The van der Waals surface area contributed by atoms with Crippen LogP contribution in [-0.4, -0.2) is 28.1 Å². The van der Waals surface area contributed by atoms with Crippen molar-refractivity contribution < 1.29 is 0 Å². The van der Waals surface area contributed by atoms with E-state index in [2.05, 4.69) is 22.6 Å². The number of hydrogen-bond acceptors (Lipinski definition) is 3. The Morgan fingerprint density at radius 1 is 1.00 bits per heavy atom. The summed E-state index contributed by atoms with van der Waals surface area (Å²) in [4.78, 5) is 0. The van der Waals surface area contributed by atoms with Crippen LogP contribution in [0, 0.1) is 0 Å². The van der Waals surface area contributed by atoms with Gasteiger partial charge in [-0.3, -0.25) is 4.68 Å². The minimum Gasteiger partial charge on any atom is -0.317 e. The van der Waals surface area contributed by atoms with Crippen molar-refractivity contribution in [3.05, 3.63) is 12.4 Å². The average molecular weight is 238 g/mol. The number of aromatic nitrogens is 3. The summed E-state index contributed by atoms with van der Waals surface area (Å²) in [6.07, 6.45) is 12.8. The third-order valence-corrected chi connectivity index (χ3v) is 2.92. The zero-order valence-corrected chi connectivity index (χ0v) is 11.1. The van der Waals surface area contributed by atoms with Crippen molar-refractivity contribution in [2.75, 3.05) is 13.1 Å². The lowest BCUT2D eigenvalue weighted by Crippen LogP contribution is -2.17. The fraction of sp³-hybridized carbons (Fsp3) is 0.846. The number of unbranched alkanes of at least 4 members (excludes halogenated alkanes) is 5. The molecule has 0 aliphatic rings. The van der Waals surface area contributed by atoms with E-state index in [9.17, 15) is 0 Å². The molecule has 4 heteroatoms. The number of nitrogens with one attached hydrogen (secondary N) is 1. The van der Waals surface area contributed by atoms with Crippen LogP contribution in [0.15, 0.2) is 12.4 Å². The highest BCUT2D eigenvalue weighted by Crippen LogP contribution is 2.01. The Labute approximate surface area is 105 Å². The molecule has 0 aliphatic heterocycles. The van der Waals surface area contributed by atoms with Gasteiger partial charge in [0.2, 0.25) is 0 Å². The molecule has 0 saturated carbocycles. The van der Waals surface area contributed by atoms with Crippen LogP contribution in [0.25, 0.3) is 0 Å². The van der Waals surface area contributed by atoms with Crippen LogP contribution in [0.3, 0.4) is 0 Å². The van der Waals surface area contributed by atoms with E-state index in [4.69, 9.17) is 0 Å². The summed E-state index contributed by atoms with van der Waals surface area (Å²) in [5, 5.41) is 11.2. The van der Waals surface area contributed by atoms with E-state index in [1.165, 1.54) is 51.5 Å². The van der Waals surface area contributed by atoms with Crippen molar-refractivity contribution in [3.63, 3.8) is 0 Å². The summed E-state index contributed by atoms with van der Waals surface area (Å²) in [6.45, 7) is 5.54. The van der Waals surface area contributed by atoms with E-state index >= 15 is 0 Å². The first kappa shape index (κ1) is 14.2. The van der Waals surface area contributed by atoms with Gasteiger partial charge in [0, 0.05) is 12.7 Å².